The maximum Gasteiger partial charge on any atom is 0.274 e. The fourth-order valence-corrected chi connectivity index (χ4v) is 2.19. The van der Waals surface area contributed by atoms with Crippen LogP contribution < -0.4 is 4.74 Å². The number of benzene rings is 1. The monoisotopic (exact) mass is 233 g/mol. The van der Waals surface area contributed by atoms with Crippen LogP contribution in [0.5, 0.6) is 5.19 Å². The van der Waals surface area contributed by atoms with E-state index in [9.17, 15) is 4.79 Å². The first kappa shape index (κ1) is 10.8. The number of hydrogen-bond acceptors (Lipinski definition) is 4. The summed E-state index contributed by atoms with van der Waals surface area (Å²) in [7, 11) is 0. The minimum atomic E-state index is 0.545. The third-order valence-corrected chi connectivity index (χ3v) is 2.95. The number of carbonyl (C=O) groups excluding carboxylic acids is 1. The van der Waals surface area contributed by atoms with Gasteiger partial charge in [-0.2, -0.15) is 0 Å². The molecular formula is C12H11NO2S. The van der Waals surface area contributed by atoms with Crippen molar-refractivity contribution in [2.24, 2.45) is 0 Å². The van der Waals surface area contributed by atoms with Gasteiger partial charge < -0.3 is 4.74 Å². The fourth-order valence-electron chi connectivity index (χ4n) is 1.38. The van der Waals surface area contributed by atoms with Crippen molar-refractivity contribution in [3.63, 3.8) is 0 Å². The molecule has 1 heterocycles. The van der Waals surface area contributed by atoms with E-state index in [4.69, 9.17) is 4.74 Å². The zero-order chi connectivity index (χ0) is 11.4. The summed E-state index contributed by atoms with van der Waals surface area (Å²) < 4.78 is 5.30. The van der Waals surface area contributed by atoms with Crippen LogP contribution in [0, 0.1) is 0 Å². The van der Waals surface area contributed by atoms with Crippen LogP contribution in [0.1, 0.15) is 16.6 Å². The Morgan fingerprint density at radius 2 is 2.12 bits per heavy atom. The van der Waals surface area contributed by atoms with Crippen molar-refractivity contribution in [3.05, 3.63) is 35.2 Å². The van der Waals surface area contributed by atoms with E-state index in [2.05, 4.69) is 4.98 Å². The molecule has 0 aliphatic carbocycles. The predicted octanol–water partition coefficient (Wildman–Crippen LogP) is 3.02. The Bertz CT molecular complexity index is 479. The first-order valence-electron chi connectivity index (χ1n) is 4.99. The summed E-state index contributed by atoms with van der Waals surface area (Å²) in [5.41, 5.74) is 1.64. The highest BCUT2D eigenvalue weighted by Gasteiger charge is 2.12. The zero-order valence-corrected chi connectivity index (χ0v) is 9.66. The highest BCUT2D eigenvalue weighted by atomic mass is 32.1. The zero-order valence-electron chi connectivity index (χ0n) is 8.84. The molecule has 0 unspecified atom stereocenters. The van der Waals surface area contributed by atoms with Crippen molar-refractivity contribution in [1.29, 1.82) is 0 Å². The molecule has 4 heteroatoms. The molecule has 82 valence electrons. The van der Waals surface area contributed by atoms with E-state index in [-0.39, 0.29) is 0 Å². The number of hydrogen-bond donors (Lipinski definition) is 0. The molecule has 0 saturated heterocycles. The van der Waals surface area contributed by atoms with Crippen molar-refractivity contribution in [3.8, 4) is 16.5 Å². The molecule has 1 aromatic carbocycles. The molecule has 0 radical (unpaired) electrons. The minimum Gasteiger partial charge on any atom is -0.470 e. The number of thiazole rings is 1. The van der Waals surface area contributed by atoms with Crippen LogP contribution in [-0.2, 0) is 0 Å². The van der Waals surface area contributed by atoms with E-state index < -0.39 is 0 Å². The quantitative estimate of drug-likeness (QED) is 0.762. The Labute approximate surface area is 97.7 Å². The predicted molar refractivity (Wildman–Crippen MR) is 64.1 cm³/mol. The number of nitrogens with zero attached hydrogens (tertiary/aromatic N) is 1. The van der Waals surface area contributed by atoms with Gasteiger partial charge in [0.25, 0.3) is 5.19 Å². The van der Waals surface area contributed by atoms with Crippen molar-refractivity contribution < 1.29 is 9.53 Å². The van der Waals surface area contributed by atoms with Gasteiger partial charge in [0.1, 0.15) is 0 Å². The largest absolute Gasteiger partial charge is 0.470 e. The summed E-state index contributed by atoms with van der Waals surface area (Å²) in [5, 5.41) is 0.545. The fraction of sp³-hybridized carbons (Fsp3) is 0.167. The Kier molecular flexibility index (Phi) is 3.31. The third-order valence-electron chi connectivity index (χ3n) is 2.06. The van der Waals surface area contributed by atoms with E-state index in [0.717, 1.165) is 11.8 Å². The Balaban J connectivity index is 2.43. The number of carbonyl (C=O) groups is 1. The van der Waals surface area contributed by atoms with E-state index in [1.54, 1.807) is 0 Å². The molecule has 16 heavy (non-hydrogen) atoms. The summed E-state index contributed by atoms with van der Waals surface area (Å²) in [4.78, 5) is 15.8. The van der Waals surface area contributed by atoms with Gasteiger partial charge >= 0.3 is 0 Å². The van der Waals surface area contributed by atoms with Crippen LogP contribution in [0.15, 0.2) is 30.3 Å². The van der Waals surface area contributed by atoms with E-state index in [1.165, 1.54) is 11.3 Å². The van der Waals surface area contributed by atoms with Gasteiger partial charge in [-0.15, -0.1) is 0 Å². The Hall–Kier alpha value is -1.68. The molecule has 0 bridgehead atoms. The summed E-state index contributed by atoms with van der Waals surface area (Å²) in [6.45, 7) is 2.45. The Morgan fingerprint density at radius 1 is 1.38 bits per heavy atom. The van der Waals surface area contributed by atoms with Gasteiger partial charge in [-0.05, 0) is 6.92 Å². The summed E-state index contributed by atoms with van der Waals surface area (Å²) in [5.74, 6) is 0. The lowest BCUT2D eigenvalue weighted by atomic mass is 10.1. The lowest BCUT2D eigenvalue weighted by molar-refractivity contribution is 0.112. The van der Waals surface area contributed by atoms with Gasteiger partial charge in [0.05, 0.1) is 17.2 Å². The number of rotatable bonds is 4. The molecule has 0 spiro atoms. The number of ether oxygens (including phenoxy) is 1. The highest BCUT2D eigenvalue weighted by Crippen LogP contribution is 2.30. The molecule has 0 saturated carbocycles. The van der Waals surface area contributed by atoms with Gasteiger partial charge in [-0.1, -0.05) is 41.7 Å². The molecule has 2 aromatic rings. The number of aromatic nitrogens is 1. The Morgan fingerprint density at radius 3 is 2.75 bits per heavy atom. The molecule has 0 fully saturated rings. The van der Waals surface area contributed by atoms with Crippen LogP contribution in [0.4, 0.5) is 0 Å². The molecule has 0 aliphatic heterocycles. The third kappa shape index (κ3) is 2.12. The van der Waals surface area contributed by atoms with E-state index in [0.29, 0.717) is 22.4 Å². The van der Waals surface area contributed by atoms with Crippen LogP contribution in [-0.4, -0.2) is 17.9 Å². The molecule has 0 N–H and O–H groups in total. The van der Waals surface area contributed by atoms with Gasteiger partial charge in [0.2, 0.25) is 0 Å². The standard InChI is InChI=1S/C12H11NO2S/c1-2-15-12-13-11(10(8-14)16-12)9-6-4-3-5-7-9/h3-8H,2H2,1H3. The van der Waals surface area contributed by atoms with Crippen molar-refractivity contribution in [2.75, 3.05) is 6.61 Å². The van der Waals surface area contributed by atoms with Crippen molar-refractivity contribution >= 4 is 17.6 Å². The number of aldehydes is 1. The molecule has 3 nitrogen and oxygen atoms in total. The average Bonchev–Trinajstić information content (AvgIpc) is 2.74. The maximum atomic E-state index is 10.9. The van der Waals surface area contributed by atoms with Crippen LogP contribution >= 0.6 is 11.3 Å². The van der Waals surface area contributed by atoms with Crippen LogP contribution in [0.25, 0.3) is 11.3 Å². The summed E-state index contributed by atoms with van der Waals surface area (Å²) >= 11 is 1.28. The maximum absolute atomic E-state index is 10.9. The highest BCUT2D eigenvalue weighted by molar-refractivity contribution is 7.15. The van der Waals surface area contributed by atoms with Crippen molar-refractivity contribution in [2.45, 2.75) is 6.92 Å². The minimum absolute atomic E-state index is 0.545. The van der Waals surface area contributed by atoms with Gasteiger partial charge in [-0.25, -0.2) is 4.98 Å². The van der Waals surface area contributed by atoms with Crippen molar-refractivity contribution in [1.82, 2.24) is 4.98 Å². The van der Waals surface area contributed by atoms with Gasteiger partial charge in [-0.3, -0.25) is 4.79 Å². The molecule has 0 atom stereocenters. The van der Waals surface area contributed by atoms with Gasteiger partial charge in [0.15, 0.2) is 6.29 Å². The molecule has 2 rings (SSSR count). The lowest BCUT2D eigenvalue weighted by Gasteiger charge is -1.96. The average molecular weight is 233 g/mol. The molecule has 1 aromatic heterocycles. The smallest absolute Gasteiger partial charge is 0.274 e. The van der Waals surface area contributed by atoms with E-state index in [1.807, 2.05) is 37.3 Å². The molecular weight excluding hydrogens is 222 g/mol. The second-order valence-corrected chi connectivity index (χ2v) is 4.10. The van der Waals surface area contributed by atoms with Crippen LogP contribution in [0.2, 0.25) is 0 Å². The SMILES string of the molecule is CCOc1nc(-c2ccccc2)c(C=O)s1. The molecule has 0 aliphatic rings. The topological polar surface area (TPSA) is 39.2 Å². The molecule has 0 amide bonds. The summed E-state index contributed by atoms with van der Waals surface area (Å²) in [6, 6.07) is 9.63. The normalized spacial score (nSPS) is 10.1. The van der Waals surface area contributed by atoms with Gasteiger partial charge in [0, 0.05) is 5.56 Å². The lowest BCUT2D eigenvalue weighted by Crippen LogP contribution is -1.90. The first-order chi connectivity index (χ1) is 7.85. The van der Waals surface area contributed by atoms with Crippen LogP contribution in [0.3, 0.4) is 0 Å². The second-order valence-electron chi connectivity index (χ2n) is 3.11. The second kappa shape index (κ2) is 4.90. The van der Waals surface area contributed by atoms with E-state index >= 15 is 0 Å². The summed E-state index contributed by atoms with van der Waals surface area (Å²) in [6.07, 6.45) is 0.822. The first-order valence-corrected chi connectivity index (χ1v) is 5.81.